The number of aryl methyl sites for hydroxylation is 1. The average Bonchev–Trinajstić information content (AvgIpc) is 3.49. The summed E-state index contributed by atoms with van der Waals surface area (Å²) < 4.78 is 0. The molecule has 1 N–H and O–H groups in total. The Kier molecular flexibility index (Phi) is 6.15. The van der Waals surface area contributed by atoms with Crippen LogP contribution in [0.2, 0.25) is 0 Å². The zero-order valence-corrected chi connectivity index (χ0v) is 20.7. The minimum Gasteiger partial charge on any atom is -0.339 e. The van der Waals surface area contributed by atoms with E-state index < -0.39 is 5.54 Å². The minimum atomic E-state index is -1.18. The van der Waals surface area contributed by atoms with E-state index in [0.717, 1.165) is 22.3 Å². The van der Waals surface area contributed by atoms with Crippen molar-refractivity contribution in [2.45, 2.75) is 38.8 Å². The first-order valence-corrected chi connectivity index (χ1v) is 12.8. The van der Waals surface area contributed by atoms with Crippen molar-refractivity contribution in [2.75, 3.05) is 13.1 Å². The molecular weight excluding hydrogens is 460 g/mol. The van der Waals surface area contributed by atoms with E-state index in [1.165, 1.54) is 16.2 Å². The average molecular weight is 489 g/mol. The van der Waals surface area contributed by atoms with Crippen LogP contribution >= 0.6 is 11.3 Å². The van der Waals surface area contributed by atoms with Gasteiger partial charge in [-0.3, -0.25) is 19.5 Å². The molecule has 0 unspecified atom stereocenters. The Balaban J connectivity index is 1.41. The van der Waals surface area contributed by atoms with Crippen LogP contribution in [0.25, 0.3) is 0 Å². The topological polar surface area (TPSA) is 82.6 Å². The molecule has 35 heavy (non-hydrogen) atoms. The highest BCUT2D eigenvalue weighted by Crippen LogP contribution is 2.42. The van der Waals surface area contributed by atoms with Crippen LogP contribution in [0.5, 0.6) is 0 Å². The number of amides is 4. The number of likely N-dealkylation sites (tertiary alicyclic amines) is 1. The molecule has 2 fully saturated rings. The number of nitrogens with zero attached hydrogens (tertiary/aromatic N) is 3. The molecule has 8 heteroatoms. The van der Waals surface area contributed by atoms with E-state index >= 15 is 0 Å². The van der Waals surface area contributed by atoms with Crippen LogP contribution in [0, 0.1) is 19.8 Å². The van der Waals surface area contributed by atoms with Crippen LogP contribution in [0.3, 0.4) is 0 Å². The molecule has 2 saturated heterocycles. The third kappa shape index (κ3) is 4.01. The third-order valence-corrected chi connectivity index (χ3v) is 8.13. The van der Waals surface area contributed by atoms with Gasteiger partial charge in [0.25, 0.3) is 11.8 Å². The van der Waals surface area contributed by atoms with Crippen molar-refractivity contribution < 1.29 is 14.4 Å². The van der Waals surface area contributed by atoms with Crippen molar-refractivity contribution in [1.82, 2.24) is 20.1 Å². The van der Waals surface area contributed by atoms with Gasteiger partial charge in [-0.05, 0) is 78.3 Å². The van der Waals surface area contributed by atoms with E-state index in [1.54, 1.807) is 18.5 Å². The summed E-state index contributed by atoms with van der Waals surface area (Å²) in [6.45, 7) is 5.26. The lowest BCUT2D eigenvalue weighted by atomic mass is 9.73. The number of hydrogen-bond acceptors (Lipinski definition) is 5. The van der Waals surface area contributed by atoms with Crippen molar-refractivity contribution in [3.8, 4) is 0 Å². The maximum Gasteiger partial charge on any atom is 0.325 e. The number of rotatable bonds is 5. The van der Waals surface area contributed by atoms with Gasteiger partial charge >= 0.3 is 6.03 Å². The van der Waals surface area contributed by atoms with Crippen molar-refractivity contribution in [1.29, 1.82) is 0 Å². The van der Waals surface area contributed by atoms with Crippen LogP contribution in [0.4, 0.5) is 4.79 Å². The van der Waals surface area contributed by atoms with Gasteiger partial charge in [-0.25, -0.2) is 4.79 Å². The number of imide groups is 1. The molecule has 4 heterocycles. The van der Waals surface area contributed by atoms with E-state index in [2.05, 4.69) is 10.3 Å². The number of piperidine rings is 1. The number of carbonyl (C=O) groups is 3. The van der Waals surface area contributed by atoms with Gasteiger partial charge < -0.3 is 10.2 Å². The predicted molar refractivity (Wildman–Crippen MR) is 134 cm³/mol. The van der Waals surface area contributed by atoms with Crippen LogP contribution in [-0.2, 0) is 16.9 Å². The Bertz CT molecular complexity index is 1250. The number of hydrogen-bond donors (Lipinski definition) is 1. The smallest absolute Gasteiger partial charge is 0.325 e. The van der Waals surface area contributed by atoms with Crippen LogP contribution in [0.1, 0.15) is 45.5 Å². The molecule has 0 saturated carbocycles. The summed E-state index contributed by atoms with van der Waals surface area (Å²) in [7, 11) is 0. The van der Waals surface area contributed by atoms with Crippen molar-refractivity contribution >= 4 is 29.2 Å². The molecule has 0 radical (unpaired) electrons. The highest BCUT2D eigenvalue weighted by atomic mass is 32.1. The molecule has 5 rings (SSSR count). The number of carbonyl (C=O) groups excluding carboxylic acids is 3. The van der Waals surface area contributed by atoms with Gasteiger partial charge in [0.05, 0.1) is 6.54 Å². The fraction of sp³-hybridized carbons (Fsp3) is 0.333. The highest BCUT2D eigenvalue weighted by molar-refractivity contribution is 7.07. The maximum absolute atomic E-state index is 13.9. The van der Waals surface area contributed by atoms with Crippen molar-refractivity contribution in [3.05, 3.63) is 87.4 Å². The molecular formula is C27H28N4O3S. The first-order valence-electron chi connectivity index (χ1n) is 11.8. The second kappa shape index (κ2) is 9.26. The second-order valence-corrected chi connectivity index (χ2v) is 10.1. The highest BCUT2D eigenvalue weighted by Gasteiger charge is 2.57. The maximum atomic E-state index is 13.9. The fourth-order valence-electron chi connectivity index (χ4n) is 5.28. The van der Waals surface area contributed by atoms with E-state index in [-0.39, 0.29) is 30.3 Å². The van der Waals surface area contributed by atoms with Crippen molar-refractivity contribution in [3.63, 3.8) is 0 Å². The molecule has 7 nitrogen and oxygen atoms in total. The standard InChI is InChI=1S/C27H28N4O3S/c1-18-5-3-7-23(19(18)2)24(32)30-12-8-21(9-13-30)27(22-6-4-11-28-15-22)25(33)31(26(34)29-27)16-20-10-14-35-17-20/h3-7,10-11,14-15,17,21H,8-9,12-13,16H2,1-2H3,(H,29,34)/t27-/m0/s1. The molecule has 0 spiro atoms. The van der Waals surface area contributed by atoms with E-state index in [0.29, 0.717) is 31.5 Å². The van der Waals surface area contributed by atoms with Crippen LogP contribution in [0.15, 0.2) is 59.6 Å². The SMILES string of the molecule is Cc1cccc(C(=O)N2CCC([C@@]3(c4cccnc4)NC(=O)N(Cc4ccsc4)C3=O)CC2)c1C. The summed E-state index contributed by atoms with van der Waals surface area (Å²) in [6.07, 6.45) is 4.53. The monoisotopic (exact) mass is 488 g/mol. The molecule has 2 aromatic heterocycles. The van der Waals surface area contributed by atoms with Crippen molar-refractivity contribution in [2.24, 2.45) is 5.92 Å². The van der Waals surface area contributed by atoms with Gasteiger partial charge in [-0.15, -0.1) is 0 Å². The normalized spacial score (nSPS) is 20.9. The summed E-state index contributed by atoms with van der Waals surface area (Å²) >= 11 is 1.54. The summed E-state index contributed by atoms with van der Waals surface area (Å²) in [4.78, 5) is 47.7. The lowest BCUT2D eigenvalue weighted by molar-refractivity contribution is -0.134. The summed E-state index contributed by atoms with van der Waals surface area (Å²) in [5.74, 6) is -0.389. The summed E-state index contributed by atoms with van der Waals surface area (Å²) in [5.41, 5.74) is 3.23. The zero-order valence-electron chi connectivity index (χ0n) is 19.9. The number of thiophene rings is 1. The van der Waals surface area contributed by atoms with Gasteiger partial charge in [-0.2, -0.15) is 11.3 Å². The Labute approximate surface area is 208 Å². The zero-order chi connectivity index (χ0) is 24.6. The van der Waals surface area contributed by atoms with Gasteiger partial charge in [0.2, 0.25) is 0 Å². The van der Waals surface area contributed by atoms with E-state index in [4.69, 9.17) is 0 Å². The number of nitrogens with one attached hydrogen (secondary N) is 1. The summed E-state index contributed by atoms with van der Waals surface area (Å²) in [5, 5.41) is 6.94. The minimum absolute atomic E-state index is 0.0148. The molecule has 3 aromatic rings. The number of pyridine rings is 1. The third-order valence-electron chi connectivity index (χ3n) is 7.40. The molecule has 0 aliphatic carbocycles. The van der Waals surface area contributed by atoms with Gasteiger partial charge in [-0.1, -0.05) is 18.2 Å². The molecule has 4 amide bonds. The van der Waals surface area contributed by atoms with E-state index in [9.17, 15) is 14.4 Å². The molecule has 1 atom stereocenters. The molecule has 2 aliphatic heterocycles. The Morgan fingerprint density at radius 2 is 1.94 bits per heavy atom. The second-order valence-electron chi connectivity index (χ2n) is 9.32. The van der Waals surface area contributed by atoms with Gasteiger partial charge in [0.1, 0.15) is 0 Å². The van der Waals surface area contributed by atoms with Crippen LogP contribution < -0.4 is 5.32 Å². The quantitative estimate of drug-likeness (QED) is 0.544. The Hall–Kier alpha value is -3.52. The van der Waals surface area contributed by atoms with Gasteiger partial charge in [0.15, 0.2) is 5.54 Å². The molecule has 2 aliphatic rings. The lowest BCUT2D eigenvalue weighted by Crippen LogP contribution is -2.54. The molecule has 180 valence electrons. The Morgan fingerprint density at radius 3 is 2.63 bits per heavy atom. The molecule has 1 aromatic carbocycles. The number of benzene rings is 1. The summed E-state index contributed by atoms with van der Waals surface area (Å²) in [6, 6.07) is 11.0. The number of aromatic nitrogens is 1. The first-order chi connectivity index (χ1) is 16.9. The van der Waals surface area contributed by atoms with E-state index in [1.807, 2.05) is 59.8 Å². The Morgan fingerprint density at radius 1 is 1.14 bits per heavy atom. The lowest BCUT2D eigenvalue weighted by Gasteiger charge is -2.41. The molecule has 0 bridgehead atoms. The van der Waals surface area contributed by atoms with Gasteiger partial charge in [0, 0.05) is 36.6 Å². The first kappa shape index (κ1) is 23.2. The van der Waals surface area contributed by atoms with Crippen LogP contribution in [-0.4, -0.2) is 45.7 Å². The largest absolute Gasteiger partial charge is 0.339 e. The number of urea groups is 1. The predicted octanol–water partition coefficient (Wildman–Crippen LogP) is 4.26. The fourth-order valence-corrected chi connectivity index (χ4v) is 5.94.